The number of aliphatic carboxylic acids is 1. The van der Waals surface area contributed by atoms with Crippen molar-refractivity contribution in [2.75, 3.05) is 57.1 Å². The van der Waals surface area contributed by atoms with Gasteiger partial charge in [0.05, 0.1) is 6.61 Å². The molecule has 0 aliphatic heterocycles. The smallest absolute Gasteiger partial charge is 0.305 e. The summed E-state index contributed by atoms with van der Waals surface area (Å²) in [6, 6.07) is 0. The zero-order valence-electron chi connectivity index (χ0n) is 27.6. The van der Waals surface area contributed by atoms with Gasteiger partial charge in [-0.15, -0.1) is 0 Å². The third-order valence-corrected chi connectivity index (χ3v) is 8.02. The largest absolute Gasteiger partial charge is 0.481 e. The quantitative estimate of drug-likeness (QED) is 0.0573. The van der Waals surface area contributed by atoms with Crippen molar-refractivity contribution in [2.24, 2.45) is 0 Å². The van der Waals surface area contributed by atoms with Crippen LogP contribution < -0.4 is 21.1 Å². The monoisotopic (exact) mass is 607 g/mol. The predicted molar refractivity (Wildman–Crippen MR) is 177 cm³/mol. The molecule has 0 unspecified atom stereocenters. The Labute approximate surface area is 260 Å². The van der Waals surface area contributed by atoms with Crippen LogP contribution >= 0.6 is 0 Å². The van der Waals surface area contributed by atoms with Gasteiger partial charge in [0.25, 0.3) is 10.9 Å². The Morgan fingerprint density at radius 1 is 0.674 bits per heavy atom. The summed E-state index contributed by atoms with van der Waals surface area (Å²) in [5.41, 5.74) is 0.0542. The molecule has 0 saturated carbocycles. The first-order chi connectivity index (χ1) is 20.8. The Balaban J connectivity index is 2.23. The fraction of sp³-hybridized carbons (Fsp3) is 0.824. The number of carboxylic acid groups (broad SMARTS) is 1. The fourth-order valence-corrected chi connectivity index (χ4v) is 5.42. The maximum Gasteiger partial charge on any atom is 0.305 e. The van der Waals surface area contributed by atoms with Crippen molar-refractivity contribution < 1.29 is 19.4 Å². The lowest BCUT2D eigenvalue weighted by Crippen LogP contribution is -2.40. The standard InChI is InChI=1S/C34H61N3O6/c1-4-5-6-7-8-15-20-28-43-30(40)23-17-12-10-14-19-26-37(25-18-13-9-11-16-22-29(38)39)27-21-24-35-31-32(36(2)3)34(42)33(31)41/h35H,4-28H2,1-3H3,(H,38,39). The highest BCUT2D eigenvalue weighted by Gasteiger charge is 2.21. The number of nitrogens with one attached hydrogen (secondary N) is 1. The van der Waals surface area contributed by atoms with Crippen LogP contribution in [0.25, 0.3) is 0 Å². The first-order valence-electron chi connectivity index (χ1n) is 17.1. The SMILES string of the molecule is CCCCCCCCCOC(=O)CCCCCCCN(CCCCCCCC(=O)O)CCCNc1c(N(C)C)c(=O)c1=O. The molecule has 1 rings (SSSR count). The molecule has 0 amide bonds. The van der Waals surface area contributed by atoms with Gasteiger partial charge in [-0.1, -0.05) is 84.0 Å². The molecule has 0 aromatic heterocycles. The van der Waals surface area contributed by atoms with Crippen LogP contribution in [0, 0.1) is 0 Å². The summed E-state index contributed by atoms with van der Waals surface area (Å²) in [7, 11) is 3.54. The van der Waals surface area contributed by atoms with Crippen LogP contribution in [0.3, 0.4) is 0 Å². The molecule has 43 heavy (non-hydrogen) atoms. The van der Waals surface area contributed by atoms with Crippen molar-refractivity contribution in [1.29, 1.82) is 0 Å². The van der Waals surface area contributed by atoms with Crippen LogP contribution in [0.5, 0.6) is 0 Å². The highest BCUT2D eigenvalue weighted by atomic mass is 16.5. The normalized spacial score (nSPS) is 11.3. The molecule has 0 aliphatic carbocycles. The Morgan fingerprint density at radius 2 is 1.19 bits per heavy atom. The molecule has 0 saturated heterocycles. The number of ether oxygens (including phenoxy) is 1. The number of hydrogen-bond acceptors (Lipinski definition) is 8. The fourth-order valence-electron chi connectivity index (χ4n) is 5.42. The van der Waals surface area contributed by atoms with Gasteiger partial charge in [-0.25, -0.2) is 0 Å². The van der Waals surface area contributed by atoms with Gasteiger partial charge in [-0.2, -0.15) is 0 Å². The summed E-state index contributed by atoms with van der Waals surface area (Å²) in [6.45, 7) is 6.37. The second-order valence-corrected chi connectivity index (χ2v) is 12.2. The lowest BCUT2D eigenvalue weighted by atomic mass is 10.1. The summed E-state index contributed by atoms with van der Waals surface area (Å²) in [5, 5.41) is 12.0. The van der Waals surface area contributed by atoms with Gasteiger partial charge >= 0.3 is 11.9 Å². The van der Waals surface area contributed by atoms with Crippen molar-refractivity contribution in [3.8, 4) is 0 Å². The molecule has 1 aromatic rings. The number of anilines is 2. The molecule has 0 fully saturated rings. The van der Waals surface area contributed by atoms with E-state index in [0.717, 1.165) is 103 Å². The predicted octanol–water partition coefficient (Wildman–Crippen LogP) is 6.51. The molecule has 248 valence electrons. The molecular weight excluding hydrogens is 546 g/mol. The number of nitrogens with zero attached hydrogens (tertiary/aromatic N) is 2. The number of esters is 1. The molecule has 0 heterocycles. The first-order valence-corrected chi connectivity index (χ1v) is 17.1. The van der Waals surface area contributed by atoms with E-state index in [4.69, 9.17) is 9.84 Å². The van der Waals surface area contributed by atoms with Crippen LogP contribution in [-0.4, -0.2) is 68.8 Å². The zero-order chi connectivity index (χ0) is 31.7. The van der Waals surface area contributed by atoms with Crippen molar-refractivity contribution in [3.05, 3.63) is 20.4 Å². The average molecular weight is 608 g/mol. The average Bonchev–Trinajstić information content (AvgIpc) is 2.97. The number of carbonyl (C=O) groups excluding carboxylic acids is 1. The number of hydrogen-bond donors (Lipinski definition) is 2. The van der Waals surface area contributed by atoms with E-state index in [1.165, 1.54) is 32.1 Å². The minimum Gasteiger partial charge on any atom is -0.481 e. The van der Waals surface area contributed by atoms with Crippen LogP contribution in [0.15, 0.2) is 9.59 Å². The van der Waals surface area contributed by atoms with Crippen molar-refractivity contribution in [1.82, 2.24) is 4.90 Å². The number of rotatable bonds is 30. The van der Waals surface area contributed by atoms with Gasteiger partial charge in [0.1, 0.15) is 11.4 Å². The van der Waals surface area contributed by atoms with E-state index in [1.54, 1.807) is 19.0 Å². The lowest BCUT2D eigenvalue weighted by molar-refractivity contribution is -0.144. The molecule has 9 heteroatoms. The molecule has 9 nitrogen and oxygen atoms in total. The van der Waals surface area contributed by atoms with Gasteiger partial charge in [-0.3, -0.25) is 19.2 Å². The molecule has 0 radical (unpaired) electrons. The van der Waals surface area contributed by atoms with E-state index >= 15 is 0 Å². The van der Waals surface area contributed by atoms with Crippen LogP contribution in [0.4, 0.5) is 11.4 Å². The second kappa shape index (κ2) is 25.0. The van der Waals surface area contributed by atoms with Crippen molar-refractivity contribution >= 4 is 23.3 Å². The highest BCUT2D eigenvalue weighted by Crippen LogP contribution is 2.17. The minimum absolute atomic E-state index is 0.0600. The Bertz CT molecular complexity index is 941. The number of carbonyl (C=O) groups is 2. The van der Waals surface area contributed by atoms with Crippen molar-refractivity contribution in [3.63, 3.8) is 0 Å². The minimum atomic E-state index is -0.722. The second-order valence-electron chi connectivity index (χ2n) is 12.2. The summed E-state index contributed by atoms with van der Waals surface area (Å²) in [5.74, 6) is -0.782. The van der Waals surface area contributed by atoms with Crippen LogP contribution in [-0.2, 0) is 14.3 Å². The van der Waals surface area contributed by atoms with E-state index in [-0.39, 0.29) is 12.4 Å². The van der Waals surface area contributed by atoms with Gasteiger partial charge < -0.3 is 25.0 Å². The maximum absolute atomic E-state index is 12.0. The van der Waals surface area contributed by atoms with Gasteiger partial charge in [0.15, 0.2) is 0 Å². The topological polar surface area (TPSA) is 116 Å². The molecular formula is C34H61N3O6. The van der Waals surface area contributed by atoms with Gasteiger partial charge in [0.2, 0.25) is 0 Å². The molecule has 0 bridgehead atoms. The van der Waals surface area contributed by atoms with Crippen LogP contribution in [0.1, 0.15) is 135 Å². The molecule has 0 spiro atoms. The third kappa shape index (κ3) is 18.8. The molecule has 1 aromatic carbocycles. The highest BCUT2D eigenvalue weighted by molar-refractivity contribution is 5.74. The molecule has 2 N–H and O–H groups in total. The summed E-state index contributed by atoms with van der Waals surface area (Å²) in [6.07, 6.45) is 20.4. The number of unbranched alkanes of at least 4 members (excludes halogenated alkanes) is 14. The van der Waals surface area contributed by atoms with Gasteiger partial charge in [0, 0.05) is 33.5 Å². The molecule has 0 aliphatic rings. The number of carboxylic acids is 1. The summed E-state index contributed by atoms with van der Waals surface area (Å²) >= 11 is 0. The van der Waals surface area contributed by atoms with E-state index in [2.05, 4.69) is 17.1 Å². The zero-order valence-corrected chi connectivity index (χ0v) is 27.6. The van der Waals surface area contributed by atoms with E-state index in [1.807, 2.05) is 0 Å². The lowest BCUT2D eigenvalue weighted by Gasteiger charge is -2.23. The summed E-state index contributed by atoms with van der Waals surface area (Å²) < 4.78 is 5.39. The van der Waals surface area contributed by atoms with E-state index in [0.29, 0.717) is 30.9 Å². The third-order valence-electron chi connectivity index (χ3n) is 8.02. The Kier molecular flexibility index (Phi) is 22.4. The van der Waals surface area contributed by atoms with E-state index in [9.17, 15) is 19.2 Å². The van der Waals surface area contributed by atoms with Crippen molar-refractivity contribution in [2.45, 2.75) is 135 Å². The maximum atomic E-state index is 12.0. The Morgan fingerprint density at radius 3 is 1.77 bits per heavy atom. The van der Waals surface area contributed by atoms with Gasteiger partial charge in [-0.05, 0) is 58.2 Å². The Hall–Kier alpha value is -2.42. The van der Waals surface area contributed by atoms with Crippen LogP contribution in [0.2, 0.25) is 0 Å². The molecule has 0 atom stereocenters. The van der Waals surface area contributed by atoms with E-state index < -0.39 is 16.8 Å². The first kappa shape index (κ1) is 38.6. The summed E-state index contributed by atoms with van der Waals surface area (Å²) in [4.78, 5) is 50.6.